The number of Topliss-reactive ketones (excluding diaryl/α,β-unsaturated/α-hetero) is 1. The fourth-order valence-corrected chi connectivity index (χ4v) is 3.30. The normalized spacial score (nSPS) is 12.2. The summed E-state index contributed by atoms with van der Waals surface area (Å²) in [7, 11) is 0. The van der Waals surface area contributed by atoms with Crippen LogP contribution in [-0.4, -0.2) is 11.7 Å². The van der Waals surface area contributed by atoms with E-state index in [1.54, 1.807) is 0 Å². The number of rotatable bonds is 18. The molecular formula is C21H41NO2. The quantitative estimate of drug-likeness (QED) is 0.314. The molecule has 0 spiro atoms. The van der Waals surface area contributed by atoms with E-state index < -0.39 is 0 Å². The average molecular weight is 340 g/mol. The highest BCUT2D eigenvalue weighted by atomic mass is 16.1. The Morgan fingerprint density at radius 2 is 1.21 bits per heavy atom. The molecule has 2 N–H and O–H groups in total. The average Bonchev–Trinajstić information content (AvgIpc) is 2.53. The summed E-state index contributed by atoms with van der Waals surface area (Å²) in [5.74, 6) is 0.212. The van der Waals surface area contributed by atoms with E-state index in [1.165, 1.54) is 51.4 Å². The SMILES string of the molecule is CCCCCCCCCCC[C@H](CC(N)=O)CC(=O)CCCCC. The first kappa shape index (κ1) is 23.1. The molecular weight excluding hydrogens is 298 g/mol. The molecule has 0 heterocycles. The third-order valence-corrected chi connectivity index (χ3v) is 4.78. The lowest BCUT2D eigenvalue weighted by Gasteiger charge is -2.14. The molecule has 0 saturated heterocycles. The van der Waals surface area contributed by atoms with E-state index in [2.05, 4.69) is 13.8 Å². The number of primary amides is 1. The number of amides is 1. The molecule has 0 unspecified atom stereocenters. The van der Waals surface area contributed by atoms with E-state index in [9.17, 15) is 9.59 Å². The van der Waals surface area contributed by atoms with Crippen LogP contribution in [0.4, 0.5) is 0 Å². The van der Waals surface area contributed by atoms with Crippen molar-refractivity contribution in [2.45, 2.75) is 117 Å². The zero-order valence-electron chi connectivity index (χ0n) is 16.3. The maximum absolute atomic E-state index is 12.0. The molecule has 0 aliphatic rings. The van der Waals surface area contributed by atoms with E-state index in [0.717, 1.165) is 32.1 Å². The maximum atomic E-state index is 12.0. The summed E-state index contributed by atoms with van der Waals surface area (Å²) in [5.41, 5.74) is 5.35. The monoisotopic (exact) mass is 339 g/mol. The largest absolute Gasteiger partial charge is 0.370 e. The summed E-state index contributed by atoms with van der Waals surface area (Å²) in [4.78, 5) is 23.2. The minimum atomic E-state index is -0.266. The number of nitrogens with two attached hydrogens (primary N) is 1. The molecule has 0 aliphatic carbocycles. The number of carbonyl (C=O) groups excluding carboxylic acids is 2. The minimum Gasteiger partial charge on any atom is -0.370 e. The van der Waals surface area contributed by atoms with Crippen LogP contribution in [0.2, 0.25) is 0 Å². The lowest BCUT2D eigenvalue weighted by Crippen LogP contribution is -2.19. The molecule has 0 bridgehead atoms. The van der Waals surface area contributed by atoms with Crippen molar-refractivity contribution >= 4 is 11.7 Å². The van der Waals surface area contributed by atoms with E-state index in [-0.39, 0.29) is 11.8 Å². The Labute approximate surface area is 150 Å². The summed E-state index contributed by atoms with van der Waals surface area (Å²) in [5, 5.41) is 0. The Kier molecular flexibility index (Phi) is 16.4. The first-order valence-corrected chi connectivity index (χ1v) is 10.4. The van der Waals surface area contributed by atoms with Crippen molar-refractivity contribution in [2.24, 2.45) is 11.7 Å². The van der Waals surface area contributed by atoms with Crippen molar-refractivity contribution in [1.82, 2.24) is 0 Å². The molecule has 0 saturated carbocycles. The van der Waals surface area contributed by atoms with Gasteiger partial charge in [-0.15, -0.1) is 0 Å². The Bertz CT molecular complexity index is 315. The van der Waals surface area contributed by atoms with Crippen molar-refractivity contribution < 1.29 is 9.59 Å². The highest BCUT2D eigenvalue weighted by molar-refractivity contribution is 5.80. The zero-order valence-corrected chi connectivity index (χ0v) is 16.3. The van der Waals surface area contributed by atoms with Crippen LogP contribution in [0.5, 0.6) is 0 Å². The lowest BCUT2D eigenvalue weighted by atomic mass is 9.90. The molecule has 0 fully saturated rings. The van der Waals surface area contributed by atoms with E-state index in [4.69, 9.17) is 5.73 Å². The molecule has 0 aromatic carbocycles. The first-order chi connectivity index (χ1) is 11.6. The molecule has 0 aliphatic heterocycles. The van der Waals surface area contributed by atoms with Gasteiger partial charge in [-0.25, -0.2) is 0 Å². The summed E-state index contributed by atoms with van der Waals surface area (Å²) in [6.45, 7) is 4.39. The molecule has 24 heavy (non-hydrogen) atoms. The van der Waals surface area contributed by atoms with Gasteiger partial charge in [-0.1, -0.05) is 84.5 Å². The van der Waals surface area contributed by atoms with E-state index in [0.29, 0.717) is 25.0 Å². The Morgan fingerprint density at radius 3 is 1.75 bits per heavy atom. The standard InChI is InChI=1S/C21H41NO2/c1-3-5-7-8-9-10-11-12-14-15-19(18-21(22)24)17-20(23)16-13-6-4-2/h19H,3-18H2,1-2H3,(H2,22,24)/t19-/m0/s1. The lowest BCUT2D eigenvalue weighted by molar-refractivity contribution is -0.121. The molecule has 0 aromatic rings. The van der Waals surface area contributed by atoms with Gasteiger partial charge in [0.05, 0.1) is 0 Å². The van der Waals surface area contributed by atoms with Crippen LogP contribution in [0.3, 0.4) is 0 Å². The van der Waals surface area contributed by atoms with Crippen molar-refractivity contribution in [3.63, 3.8) is 0 Å². The maximum Gasteiger partial charge on any atom is 0.217 e. The molecule has 142 valence electrons. The molecule has 0 aromatic heterocycles. The first-order valence-electron chi connectivity index (χ1n) is 10.4. The summed E-state index contributed by atoms with van der Waals surface area (Å²) < 4.78 is 0. The van der Waals surface area contributed by atoms with Gasteiger partial charge in [-0.2, -0.15) is 0 Å². The van der Waals surface area contributed by atoms with Gasteiger partial charge >= 0.3 is 0 Å². The van der Waals surface area contributed by atoms with Gasteiger partial charge in [0.2, 0.25) is 5.91 Å². The highest BCUT2D eigenvalue weighted by Gasteiger charge is 2.16. The topological polar surface area (TPSA) is 60.2 Å². The molecule has 0 radical (unpaired) electrons. The van der Waals surface area contributed by atoms with Crippen molar-refractivity contribution in [3.05, 3.63) is 0 Å². The fraction of sp³-hybridized carbons (Fsp3) is 0.905. The van der Waals surface area contributed by atoms with Crippen molar-refractivity contribution in [2.75, 3.05) is 0 Å². The smallest absolute Gasteiger partial charge is 0.217 e. The summed E-state index contributed by atoms with van der Waals surface area (Å²) in [6.07, 6.45) is 17.5. The van der Waals surface area contributed by atoms with Crippen LogP contribution in [0.25, 0.3) is 0 Å². The Hall–Kier alpha value is -0.860. The predicted octanol–water partition coefficient (Wildman–Crippen LogP) is 5.94. The summed E-state index contributed by atoms with van der Waals surface area (Å²) in [6, 6.07) is 0. The third-order valence-electron chi connectivity index (χ3n) is 4.78. The van der Waals surface area contributed by atoms with Gasteiger partial charge < -0.3 is 5.73 Å². The molecule has 1 atom stereocenters. The highest BCUT2D eigenvalue weighted by Crippen LogP contribution is 2.20. The van der Waals surface area contributed by atoms with E-state index in [1.807, 2.05) is 0 Å². The van der Waals surface area contributed by atoms with Crippen LogP contribution >= 0.6 is 0 Å². The Morgan fingerprint density at radius 1 is 0.708 bits per heavy atom. The number of ketones is 1. The van der Waals surface area contributed by atoms with Crippen LogP contribution in [0, 0.1) is 5.92 Å². The van der Waals surface area contributed by atoms with Crippen LogP contribution < -0.4 is 5.73 Å². The summed E-state index contributed by atoms with van der Waals surface area (Å²) >= 11 is 0. The molecule has 1 amide bonds. The van der Waals surface area contributed by atoms with Gasteiger partial charge in [0, 0.05) is 19.3 Å². The second-order valence-electron chi connectivity index (χ2n) is 7.35. The predicted molar refractivity (Wildman–Crippen MR) is 103 cm³/mol. The Balaban J connectivity index is 3.78. The fourth-order valence-electron chi connectivity index (χ4n) is 3.30. The molecule has 0 rings (SSSR count). The minimum absolute atomic E-state index is 0.168. The van der Waals surface area contributed by atoms with Crippen LogP contribution in [0.15, 0.2) is 0 Å². The van der Waals surface area contributed by atoms with Crippen molar-refractivity contribution in [1.29, 1.82) is 0 Å². The van der Waals surface area contributed by atoms with Crippen LogP contribution in [0.1, 0.15) is 117 Å². The van der Waals surface area contributed by atoms with Gasteiger partial charge in [0.1, 0.15) is 5.78 Å². The zero-order chi connectivity index (χ0) is 18.0. The van der Waals surface area contributed by atoms with Crippen LogP contribution in [-0.2, 0) is 9.59 Å². The molecule has 3 heteroatoms. The van der Waals surface area contributed by atoms with Gasteiger partial charge in [0.15, 0.2) is 0 Å². The number of hydrogen-bond acceptors (Lipinski definition) is 2. The number of unbranched alkanes of at least 4 members (excludes halogenated alkanes) is 10. The second-order valence-corrected chi connectivity index (χ2v) is 7.35. The van der Waals surface area contributed by atoms with Gasteiger partial charge in [-0.05, 0) is 18.8 Å². The second kappa shape index (κ2) is 17.0. The van der Waals surface area contributed by atoms with E-state index >= 15 is 0 Å². The molecule has 3 nitrogen and oxygen atoms in total. The van der Waals surface area contributed by atoms with Gasteiger partial charge in [-0.3, -0.25) is 9.59 Å². The number of carbonyl (C=O) groups is 2. The number of hydrogen-bond donors (Lipinski definition) is 1. The van der Waals surface area contributed by atoms with Gasteiger partial charge in [0.25, 0.3) is 0 Å². The van der Waals surface area contributed by atoms with Crippen molar-refractivity contribution in [3.8, 4) is 0 Å². The third kappa shape index (κ3) is 16.0.